The summed E-state index contributed by atoms with van der Waals surface area (Å²) in [5.74, 6) is 0.571. The Kier molecular flexibility index (Phi) is 3.00. The van der Waals surface area contributed by atoms with Gasteiger partial charge in [0.25, 0.3) is 0 Å². The van der Waals surface area contributed by atoms with Crippen molar-refractivity contribution in [1.29, 1.82) is 0 Å². The Balaban J connectivity index is 2.26. The monoisotopic (exact) mass is 221 g/mol. The molecule has 0 aromatic carbocycles. The van der Waals surface area contributed by atoms with Gasteiger partial charge in [0.1, 0.15) is 12.9 Å². The summed E-state index contributed by atoms with van der Waals surface area (Å²) >= 11 is 0. The fraction of sp³-hybridized carbons (Fsp3) is 0.500. The van der Waals surface area contributed by atoms with Gasteiger partial charge in [-0.2, -0.15) is 10.2 Å². The molecule has 0 spiro atoms. The highest BCUT2D eigenvalue weighted by molar-refractivity contribution is 5.09. The van der Waals surface area contributed by atoms with Crippen molar-refractivity contribution >= 4 is 0 Å². The SMILES string of the molecule is CCn1nc(C)cc1Cn1ncnc1CO. The van der Waals surface area contributed by atoms with Crippen LogP contribution in [0.5, 0.6) is 0 Å². The first-order chi connectivity index (χ1) is 7.74. The van der Waals surface area contributed by atoms with Crippen molar-refractivity contribution in [3.8, 4) is 0 Å². The van der Waals surface area contributed by atoms with Gasteiger partial charge in [-0.3, -0.25) is 4.68 Å². The van der Waals surface area contributed by atoms with E-state index in [4.69, 9.17) is 5.11 Å². The molecule has 2 aromatic heterocycles. The maximum atomic E-state index is 9.07. The highest BCUT2D eigenvalue weighted by atomic mass is 16.3. The molecule has 2 rings (SSSR count). The molecule has 0 aliphatic carbocycles. The molecule has 0 radical (unpaired) electrons. The van der Waals surface area contributed by atoms with Gasteiger partial charge in [-0.1, -0.05) is 0 Å². The van der Waals surface area contributed by atoms with Crippen LogP contribution in [0.3, 0.4) is 0 Å². The summed E-state index contributed by atoms with van der Waals surface area (Å²) in [7, 11) is 0. The second kappa shape index (κ2) is 4.44. The van der Waals surface area contributed by atoms with Crippen LogP contribution < -0.4 is 0 Å². The maximum absolute atomic E-state index is 9.07. The average molecular weight is 221 g/mol. The van der Waals surface area contributed by atoms with E-state index in [1.54, 1.807) is 4.68 Å². The van der Waals surface area contributed by atoms with E-state index in [1.807, 2.05) is 24.6 Å². The quantitative estimate of drug-likeness (QED) is 0.808. The predicted octanol–water partition coefficient (Wildman–Crippen LogP) is 0.344. The number of nitrogens with zero attached hydrogens (tertiary/aromatic N) is 5. The van der Waals surface area contributed by atoms with Crippen LogP contribution >= 0.6 is 0 Å². The molecule has 6 nitrogen and oxygen atoms in total. The predicted molar refractivity (Wildman–Crippen MR) is 57.7 cm³/mol. The van der Waals surface area contributed by atoms with Gasteiger partial charge in [0.2, 0.25) is 0 Å². The van der Waals surface area contributed by atoms with E-state index < -0.39 is 0 Å². The van der Waals surface area contributed by atoms with Crippen LogP contribution in [0.15, 0.2) is 12.4 Å². The van der Waals surface area contributed by atoms with Gasteiger partial charge in [-0.25, -0.2) is 9.67 Å². The van der Waals surface area contributed by atoms with Crippen LogP contribution in [0.25, 0.3) is 0 Å². The Bertz CT molecular complexity index is 473. The van der Waals surface area contributed by atoms with Crippen LogP contribution in [-0.4, -0.2) is 29.7 Å². The first-order valence-electron chi connectivity index (χ1n) is 5.25. The standard InChI is InChI=1S/C10H15N5O/c1-3-14-9(4-8(2)13-14)5-15-10(6-16)11-7-12-15/h4,7,16H,3,5-6H2,1-2H3. The van der Waals surface area contributed by atoms with Crippen molar-refractivity contribution < 1.29 is 5.11 Å². The molecule has 0 aliphatic heterocycles. The van der Waals surface area contributed by atoms with E-state index in [2.05, 4.69) is 15.2 Å². The van der Waals surface area contributed by atoms with Crippen LogP contribution in [0.2, 0.25) is 0 Å². The summed E-state index contributed by atoms with van der Waals surface area (Å²) in [5.41, 5.74) is 2.06. The van der Waals surface area contributed by atoms with Gasteiger partial charge in [-0.05, 0) is 19.9 Å². The highest BCUT2D eigenvalue weighted by Gasteiger charge is 2.08. The van der Waals surface area contributed by atoms with Crippen molar-refractivity contribution in [2.75, 3.05) is 0 Å². The first kappa shape index (κ1) is 10.8. The Morgan fingerprint density at radius 3 is 2.88 bits per heavy atom. The molecule has 0 unspecified atom stereocenters. The lowest BCUT2D eigenvalue weighted by molar-refractivity contribution is 0.263. The van der Waals surface area contributed by atoms with E-state index in [9.17, 15) is 0 Å². The summed E-state index contributed by atoms with van der Waals surface area (Å²) in [6.07, 6.45) is 1.45. The largest absolute Gasteiger partial charge is 0.388 e. The van der Waals surface area contributed by atoms with Crippen LogP contribution in [0.4, 0.5) is 0 Å². The summed E-state index contributed by atoms with van der Waals surface area (Å²) < 4.78 is 3.61. The topological polar surface area (TPSA) is 68.8 Å². The molecule has 0 fully saturated rings. The highest BCUT2D eigenvalue weighted by Crippen LogP contribution is 2.07. The van der Waals surface area contributed by atoms with E-state index in [1.165, 1.54) is 6.33 Å². The van der Waals surface area contributed by atoms with Crippen LogP contribution in [-0.2, 0) is 19.7 Å². The molecule has 0 atom stereocenters. The number of hydrogen-bond acceptors (Lipinski definition) is 4. The average Bonchev–Trinajstić information content (AvgIpc) is 2.85. The zero-order valence-electron chi connectivity index (χ0n) is 9.46. The van der Waals surface area contributed by atoms with Gasteiger partial charge in [0, 0.05) is 6.54 Å². The van der Waals surface area contributed by atoms with Crippen molar-refractivity contribution in [3.63, 3.8) is 0 Å². The molecule has 0 saturated carbocycles. The van der Waals surface area contributed by atoms with Crippen molar-refractivity contribution in [3.05, 3.63) is 29.6 Å². The first-order valence-corrected chi connectivity index (χ1v) is 5.25. The van der Waals surface area contributed by atoms with Gasteiger partial charge in [-0.15, -0.1) is 0 Å². The Hall–Kier alpha value is -1.69. The molecule has 16 heavy (non-hydrogen) atoms. The molecule has 0 aliphatic rings. The molecule has 6 heteroatoms. The minimum Gasteiger partial charge on any atom is -0.388 e. The molecule has 2 heterocycles. The normalized spacial score (nSPS) is 10.9. The van der Waals surface area contributed by atoms with E-state index in [-0.39, 0.29) is 6.61 Å². The molecule has 2 aromatic rings. The van der Waals surface area contributed by atoms with Gasteiger partial charge < -0.3 is 5.11 Å². The molecular weight excluding hydrogens is 206 g/mol. The maximum Gasteiger partial charge on any atom is 0.152 e. The molecular formula is C10H15N5O. The lowest BCUT2D eigenvalue weighted by Gasteiger charge is -2.06. The Morgan fingerprint density at radius 2 is 2.19 bits per heavy atom. The van der Waals surface area contributed by atoms with Crippen LogP contribution in [0, 0.1) is 6.92 Å². The smallest absolute Gasteiger partial charge is 0.152 e. The van der Waals surface area contributed by atoms with E-state index in [0.29, 0.717) is 12.4 Å². The molecule has 86 valence electrons. The van der Waals surface area contributed by atoms with Crippen molar-refractivity contribution in [1.82, 2.24) is 24.5 Å². The third-order valence-corrected chi connectivity index (χ3v) is 2.43. The zero-order valence-corrected chi connectivity index (χ0v) is 9.46. The number of aliphatic hydroxyl groups excluding tert-OH is 1. The number of aromatic nitrogens is 5. The Morgan fingerprint density at radius 1 is 1.38 bits per heavy atom. The summed E-state index contributed by atoms with van der Waals surface area (Å²) in [6.45, 7) is 5.32. The van der Waals surface area contributed by atoms with E-state index in [0.717, 1.165) is 17.9 Å². The number of hydrogen-bond donors (Lipinski definition) is 1. The summed E-state index contributed by atoms with van der Waals surface area (Å²) in [6, 6.07) is 2.02. The number of aryl methyl sites for hydroxylation is 2. The van der Waals surface area contributed by atoms with Gasteiger partial charge in [0.15, 0.2) is 5.82 Å². The molecule has 0 saturated heterocycles. The second-order valence-electron chi connectivity index (χ2n) is 3.58. The third-order valence-electron chi connectivity index (χ3n) is 2.43. The minimum absolute atomic E-state index is 0.0980. The fourth-order valence-electron chi connectivity index (χ4n) is 1.70. The summed E-state index contributed by atoms with van der Waals surface area (Å²) in [5, 5.41) is 17.5. The lowest BCUT2D eigenvalue weighted by atomic mass is 10.3. The van der Waals surface area contributed by atoms with Crippen molar-refractivity contribution in [2.24, 2.45) is 0 Å². The minimum atomic E-state index is -0.0980. The van der Waals surface area contributed by atoms with Crippen LogP contribution in [0.1, 0.15) is 24.1 Å². The fourth-order valence-corrected chi connectivity index (χ4v) is 1.70. The third kappa shape index (κ3) is 1.96. The molecule has 0 bridgehead atoms. The Labute approximate surface area is 93.5 Å². The second-order valence-corrected chi connectivity index (χ2v) is 3.58. The van der Waals surface area contributed by atoms with Gasteiger partial charge >= 0.3 is 0 Å². The van der Waals surface area contributed by atoms with E-state index >= 15 is 0 Å². The number of rotatable bonds is 4. The zero-order chi connectivity index (χ0) is 11.5. The molecule has 1 N–H and O–H groups in total. The van der Waals surface area contributed by atoms with Gasteiger partial charge in [0.05, 0.1) is 17.9 Å². The molecule has 0 amide bonds. The van der Waals surface area contributed by atoms with Crippen molar-refractivity contribution in [2.45, 2.75) is 33.5 Å². The summed E-state index contributed by atoms with van der Waals surface area (Å²) in [4.78, 5) is 3.97. The lowest BCUT2D eigenvalue weighted by Crippen LogP contribution is -2.11. The number of aliphatic hydroxyl groups is 1.